The summed E-state index contributed by atoms with van der Waals surface area (Å²) < 4.78 is 7.99. The van der Waals surface area contributed by atoms with E-state index in [4.69, 9.17) is 4.74 Å². The van der Waals surface area contributed by atoms with Crippen LogP contribution in [0.1, 0.15) is 56.0 Å². The summed E-state index contributed by atoms with van der Waals surface area (Å²) in [5, 5.41) is 9.95. The molecule has 1 aromatic heterocycles. The smallest absolute Gasteiger partial charge is 0.0807 e. The molecule has 1 aromatic rings. The van der Waals surface area contributed by atoms with Gasteiger partial charge in [-0.2, -0.15) is 0 Å². The minimum absolute atomic E-state index is 0.234. The van der Waals surface area contributed by atoms with Crippen LogP contribution in [0.15, 0.2) is 12.3 Å². The van der Waals surface area contributed by atoms with Crippen molar-refractivity contribution in [3.63, 3.8) is 0 Å². The van der Waals surface area contributed by atoms with Crippen LogP contribution < -0.4 is 0 Å². The molecule has 0 bridgehead atoms. The number of hydrogen-bond donors (Lipinski definition) is 1. The standard InChI is InChI=1S/C14H21NO2/c1-2-17-11-8-10(9-11)15-7-6-12-13(15)4-3-5-14(12)16/h6-7,10-11,14,16H,2-5,8-9H2,1H3. The average molecular weight is 235 g/mol. The summed E-state index contributed by atoms with van der Waals surface area (Å²) >= 11 is 0. The minimum atomic E-state index is -0.234. The molecule has 0 amide bonds. The maximum absolute atomic E-state index is 9.95. The van der Waals surface area contributed by atoms with Crippen molar-refractivity contribution in [2.75, 3.05) is 6.61 Å². The third-order valence-corrected chi connectivity index (χ3v) is 4.18. The Morgan fingerprint density at radius 2 is 2.29 bits per heavy atom. The van der Waals surface area contributed by atoms with E-state index in [9.17, 15) is 5.11 Å². The number of hydrogen-bond acceptors (Lipinski definition) is 2. The van der Waals surface area contributed by atoms with E-state index in [0.29, 0.717) is 12.1 Å². The second-order valence-corrected chi connectivity index (χ2v) is 5.24. The van der Waals surface area contributed by atoms with Gasteiger partial charge in [0, 0.05) is 30.1 Å². The highest BCUT2D eigenvalue weighted by Gasteiger charge is 2.33. The van der Waals surface area contributed by atoms with Gasteiger partial charge in [0.05, 0.1) is 12.2 Å². The molecule has 1 N–H and O–H groups in total. The molecule has 0 aliphatic heterocycles. The number of aliphatic hydroxyl groups is 1. The first-order chi connectivity index (χ1) is 8.29. The van der Waals surface area contributed by atoms with Crippen molar-refractivity contribution in [2.45, 2.75) is 57.3 Å². The minimum Gasteiger partial charge on any atom is -0.388 e. The van der Waals surface area contributed by atoms with Gasteiger partial charge in [-0.05, 0) is 45.1 Å². The average Bonchev–Trinajstić information content (AvgIpc) is 2.68. The lowest BCUT2D eigenvalue weighted by molar-refractivity contribution is -0.0204. The summed E-state index contributed by atoms with van der Waals surface area (Å²) in [4.78, 5) is 0. The number of rotatable bonds is 3. The summed E-state index contributed by atoms with van der Waals surface area (Å²) in [5.74, 6) is 0. The van der Waals surface area contributed by atoms with Gasteiger partial charge in [-0.15, -0.1) is 0 Å². The van der Waals surface area contributed by atoms with Crippen LogP contribution in [-0.4, -0.2) is 22.4 Å². The fourth-order valence-electron chi connectivity index (χ4n) is 3.17. The molecule has 0 aromatic carbocycles. The van der Waals surface area contributed by atoms with Gasteiger partial charge in [0.15, 0.2) is 0 Å². The zero-order valence-electron chi connectivity index (χ0n) is 10.4. The van der Waals surface area contributed by atoms with Crippen LogP contribution in [0.25, 0.3) is 0 Å². The van der Waals surface area contributed by atoms with Crippen molar-refractivity contribution in [3.05, 3.63) is 23.5 Å². The summed E-state index contributed by atoms with van der Waals surface area (Å²) in [7, 11) is 0. The Bertz CT molecular complexity index is 393. The second-order valence-electron chi connectivity index (χ2n) is 5.24. The summed E-state index contributed by atoms with van der Waals surface area (Å²) in [5.41, 5.74) is 2.53. The number of ether oxygens (including phenoxy) is 1. The Morgan fingerprint density at radius 1 is 1.47 bits per heavy atom. The molecule has 3 rings (SSSR count). The molecule has 2 aliphatic rings. The molecule has 1 fully saturated rings. The van der Waals surface area contributed by atoms with Gasteiger partial charge in [0.1, 0.15) is 0 Å². The number of aliphatic hydroxyl groups excluding tert-OH is 1. The Morgan fingerprint density at radius 3 is 3.06 bits per heavy atom. The molecule has 1 unspecified atom stereocenters. The summed E-state index contributed by atoms with van der Waals surface area (Å²) in [6.07, 6.45) is 7.79. The summed E-state index contributed by atoms with van der Waals surface area (Å²) in [6, 6.07) is 2.70. The quantitative estimate of drug-likeness (QED) is 0.874. The molecule has 1 atom stereocenters. The lowest BCUT2D eigenvalue weighted by Gasteiger charge is -2.37. The molecule has 1 heterocycles. The van der Waals surface area contributed by atoms with Crippen molar-refractivity contribution in [2.24, 2.45) is 0 Å². The van der Waals surface area contributed by atoms with Gasteiger partial charge in [-0.3, -0.25) is 0 Å². The maximum Gasteiger partial charge on any atom is 0.0807 e. The molecule has 0 radical (unpaired) electrons. The molecular weight excluding hydrogens is 214 g/mol. The van der Waals surface area contributed by atoms with Gasteiger partial charge in [-0.25, -0.2) is 0 Å². The van der Waals surface area contributed by atoms with Crippen molar-refractivity contribution in [3.8, 4) is 0 Å². The van der Waals surface area contributed by atoms with E-state index in [0.717, 1.165) is 44.3 Å². The summed E-state index contributed by atoms with van der Waals surface area (Å²) in [6.45, 7) is 2.88. The second kappa shape index (κ2) is 4.46. The SMILES string of the molecule is CCOC1CC(n2ccc3c2CCCC3O)C1. The van der Waals surface area contributed by atoms with E-state index in [1.54, 1.807) is 0 Å². The molecule has 2 aliphatic carbocycles. The first kappa shape index (κ1) is 11.3. The fourth-order valence-corrected chi connectivity index (χ4v) is 3.17. The maximum atomic E-state index is 9.95. The van der Waals surface area contributed by atoms with E-state index in [-0.39, 0.29) is 6.10 Å². The van der Waals surface area contributed by atoms with E-state index >= 15 is 0 Å². The zero-order valence-corrected chi connectivity index (χ0v) is 10.4. The largest absolute Gasteiger partial charge is 0.388 e. The van der Waals surface area contributed by atoms with E-state index in [1.165, 1.54) is 5.69 Å². The van der Waals surface area contributed by atoms with Crippen LogP contribution in [0.5, 0.6) is 0 Å². The van der Waals surface area contributed by atoms with Crippen LogP contribution in [0.4, 0.5) is 0 Å². The molecule has 0 saturated heterocycles. The zero-order chi connectivity index (χ0) is 11.8. The van der Waals surface area contributed by atoms with Gasteiger partial charge < -0.3 is 14.4 Å². The number of aromatic nitrogens is 1. The molecule has 3 nitrogen and oxygen atoms in total. The predicted molar refractivity (Wildman–Crippen MR) is 66.0 cm³/mol. The first-order valence-corrected chi connectivity index (χ1v) is 6.79. The highest BCUT2D eigenvalue weighted by atomic mass is 16.5. The van der Waals surface area contributed by atoms with Gasteiger partial charge in [0.2, 0.25) is 0 Å². The Kier molecular flexibility index (Phi) is 2.97. The normalized spacial score (nSPS) is 32.0. The topological polar surface area (TPSA) is 34.4 Å². The number of fused-ring (bicyclic) bond motifs is 1. The van der Waals surface area contributed by atoms with Gasteiger partial charge in [-0.1, -0.05) is 0 Å². The molecule has 1 saturated carbocycles. The van der Waals surface area contributed by atoms with E-state index < -0.39 is 0 Å². The van der Waals surface area contributed by atoms with Crippen LogP contribution in [-0.2, 0) is 11.2 Å². The van der Waals surface area contributed by atoms with Crippen molar-refractivity contribution < 1.29 is 9.84 Å². The van der Waals surface area contributed by atoms with Crippen LogP contribution in [0.3, 0.4) is 0 Å². The molecule has 3 heteroatoms. The third kappa shape index (κ3) is 1.91. The molecule has 17 heavy (non-hydrogen) atoms. The van der Waals surface area contributed by atoms with Crippen molar-refractivity contribution in [1.29, 1.82) is 0 Å². The monoisotopic (exact) mass is 235 g/mol. The van der Waals surface area contributed by atoms with Crippen LogP contribution in [0.2, 0.25) is 0 Å². The Labute approximate surface area is 102 Å². The van der Waals surface area contributed by atoms with Crippen molar-refractivity contribution >= 4 is 0 Å². The van der Waals surface area contributed by atoms with E-state index in [2.05, 4.69) is 23.8 Å². The van der Waals surface area contributed by atoms with Gasteiger partial charge >= 0.3 is 0 Å². The fraction of sp³-hybridized carbons (Fsp3) is 0.714. The third-order valence-electron chi connectivity index (χ3n) is 4.18. The lowest BCUT2D eigenvalue weighted by Crippen LogP contribution is -2.34. The highest BCUT2D eigenvalue weighted by molar-refractivity contribution is 5.28. The number of nitrogens with zero attached hydrogens (tertiary/aromatic N) is 1. The highest BCUT2D eigenvalue weighted by Crippen LogP contribution is 2.39. The van der Waals surface area contributed by atoms with Gasteiger partial charge in [0.25, 0.3) is 0 Å². The predicted octanol–water partition coefficient (Wildman–Crippen LogP) is 2.60. The first-order valence-electron chi connectivity index (χ1n) is 6.79. The van der Waals surface area contributed by atoms with Crippen LogP contribution >= 0.6 is 0 Å². The Hall–Kier alpha value is -0.800. The molecule has 94 valence electrons. The lowest BCUT2D eigenvalue weighted by atomic mass is 9.88. The van der Waals surface area contributed by atoms with Crippen molar-refractivity contribution in [1.82, 2.24) is 4.57 Å². The Balaban J connectivity index is 1.73. The molecule has 0 spiro atoms. The molecular formula is C14H21NO2. The van der Waals surface area contributed by atoms with E-state index in [1.807, 2.05) is 0 Å². The van der Waals surface area contributed by atoms with Crippen LogP contribution in [0, 0.1) is 0 Å².